The highest BCUT2D eigenvalue weighted by molar-refractivity contribution is 7.99. The van der Waals surface area contributed by atoms with Crippen molar-refractivity contribution in [1.82, 2.24) is 30.4 Å². The van der Waals surface area contributed by atoms with Crippen LogP contribution >= 0.6 is 11.8 Å². The van der Waals surface area contributed by atoms with Gasteiger partial charge in [0.25, 0.3) is 0 Å². The van der Waals surface area contributed by atoms with Crippen molar-refractivity contribution in [1.29, 1.82) is 0 Å². The molecule has 2 amide bonds. The van der Waals surface area contributed by atoms with Gasteiger partial charge in [-0.1, -0.05) is 30.0 Å². The Morgan fingerprint density at radius 3 is 2.81 bits per heavy atom. The van der Waals surface area contributed by atoms with Gasteiger partial charge in [-0.15, -0.1) is 10.2 Å². The molecule has 0 atom stereocenters. The Hall–Kier alpha value is -3.66. The molecular formula is C22H22N6O3S. The van der Waals surface area contributed by atoms with Crippen molar-refractivity contribution in [3.63, 3.8) is 0 Å². The van der Waals surface area contributed by atoms with Crippen LogP contribution in [0.5, 0.6) is 0 Å². The normalized spacial score (nSPS) is 13.5. The van der Waals surface area contributed by atoms with Crippen LogP contribution in [0.3, 0.4) is 0 Å². The van der Waals surface area contributed by atoms with E-state index in [1.807, 2.05) is 47.9 Å². The predicted molar refractivity (Wildman–Crippen MR) is 120 cm³/mol. The van der Waals surface area contributed by atoms with Crippen LogP contribution in [0, 0.1) is 6.92 Å². The number of urea groups is 1. The highest BCUT2D eigenvalue weighted by Crippen LogP contribution is 2.30. The minimum atomic E-state index is -0.452. The Bertz CT molecular complexity index is 1180. The SMILES string of the molecule is CCOC(=O)C1=C(CSc2nnc(-c3cccnc3)n2-c2ccccc2C)NC(=O)NC1. The first kappa shape index (κ1) is 21.6. The van der Waals surface area contributed by atoms with E-state index < -0.39 is 5.97 Å². The first-order valence-corrected chi connectivity index (χ1v) is 11.1. The Morgan fingerprint density at radius 1 is 1.22 bits per heavy atom. The average molecular weight is 451 g/mol. The van der Waals surface area contributed by atoms with Crippen LogP contribution in [-0.4, -0.2) is 50.7 Å². The van der Waals surface area contributed by atoms with Crippen molar-refractivity contribution < 1.29 is 14.3 Å². The van der Waals surface area contributed by atoms with Crippen LogP contribution in [0.4, 0.5) is 4.79 Å². The van der Waals surface area contributed by atoms with Crippen LogP contribution in [-0.2, 0) is 9.53 Å². The monoisotopic (exact) mass is 450 g/mol. The Morgan fingerprint density at radius 2 is 2.06 bits per heavy atom. The predicted octanol–water partition coefficient (Wildman–Crippen LogP) is 2.86. The third kappa shape index (κ3) is 4.50. The van der Waals surface area contributed by atoms with Gasteiger partial charge in [-0.25, -0.2) is 9.59 Å². The Balaban J connectivity index is 1.71. The number of rotatable bonds is 7. The standard InChI is InChI=1S/C22H22N6O3S/c1-3-31-20(29)16-12-24-21(30)25-17(16)13-32-22-27-26-19(15-8-6-10-23-11-15)28(22)18-9-5-4-7-14(18)2/h4-11H,3,12-13H2,1-2H3,(H2,24,25,30). The molecule has 0 fully saturated rings. The molecule has 0 unspecified atom stereocenters. The molecular weight excluding hydrogens is 428 g/mol. The molecule has 2 N–H and O–H groups in total. The summed E-state index contributed by atoms with van der Waals surface area (Å²) >= 11 is 1.37. The summed E-state index contributed by atoms with van der Waals surface area (Å²) in [6.45, 7) is 4.14. The van der Waals surface area contributed by atoms with Gasteiger partial charge < -0.3 is 15.4 Å². The van der Waals surface area contributed by atoms with Gasteiger partial charge in [0.15, 0.2) is 11.0 Å². The van der Waals surface area contributed by atoms with Crippen LogP contribution in [0.1, 0.15) is 12.5 Å². The van der Waals surface area contributed by atoms with Gasteiger partial charge in [0, 0.05) is 29.4 Å². The van der Waals surface area contributed by atoms with Crippen LogP contribution < -0.4 is 10.6 Å². The summed E-state index contributed by atoms with van der Waals surface area (Å²) in [5, 5.41) is 14.8. The molecule has 32 heavy (non-hydrogen) atoms. The molecule has 1 aromatic carbocycles. The topological polar surface area (TPSA) is 111 Å². The van der Waals surface area contributed by atoms with E-state index in [-0.39, 0.29) is 19.2 Å². The number of nitrogens with one attached hydrogen (secondary N) is 2. The zero-order valence-electron chi connectivity index (χ0n) is 17.7. The molecule has 164 valence electrons. The molecule has 0 saturated heterocycles. The fraction of sp³-hybridized carbons (Fsp3) is 0.227. The maximum Gasteiger partial charge on any atom is 0.337 e. The molecule has 0 bridgehead atoms. The molecule has 0 aliphatic carbocycles. The summed E-state index contributed by atoms with van der Waals surface area (Å²) in [6, 6.07) is 11.4. The number of aromatic nitrogens is 4. The molecule has 1 aliphatic heterocycles. The Labute approximate surface area is 189 Å². The maximum absolute atomic E-state index is 12.3. The van der Waals surface area contributed by atoms with Gasteiger partial charge in [0.2, 0.25) is 0 Å². The van der Waals surface area contributed by atoms with E-state index in [4.69, 9.17) is 4.74 Å². The van der Waals surface area contributed by atoms with E-state index >= 15 is 0 Å². The van der Waals surface area contributed by atoms with Gasteiger partial charge in [0.05, 0.1) is 24.4 Å². The highest BCUT2D eigenvalue weighted by Gasteiger charge is 2.25. The van der Waals surface area contributed by atoms with Crippen molar-refractivity contribution in [3.8, 4) is 17.1 Å². The lowest BCUT2D eigenvalue weighted by atomic mass is 10.2. The van der Waals surface area contributed by atoms with Gasteiger partial charge in [-0.3, -0.25) is 9.55 Å². The van der Waals surface area contributed by atoms with E-state index in [1.54, 1.807) is 19.3 Å². The number of thioether (sulfide) groups is 1. The lowest BCUT2D eigenvalue weighted by molar-refractivity contribution is -0.138. The quantitative estimate of drug-likeness (QED) is 0.421. The number of esters is 1. The number of carbonyl (C=O) groups excluding carboxylic acids is 2. The van der Waals surface area contributed by atoms with Gasteiger partial charge in [0.1, 0.15) is 0 Å². The molecule has 4 rings (SSSR count). The van der Waals surface area contributed by atoms with Crippen LogP contribution in [0.25, 0.3) is 17.1 Å². The zero-order chi connectivity index (χ0) is 22.5. The molecule has 10 heteroatoms. The van der Waals surface area contributed by atoms with Gasteiger partial charge in [-0.2, -0.15) is 0 Å². The second-order valence-corrected chi connectivity index (χ2v) is 7.89. The molecule has 3 heterocycles. The lowest BCUT2D eigenvalue weighted by Gasteiger charge is -2.21. The zero-order valence-corrected chi connectivity index (χ0v) is 18.5. The molecule has 0 spiro atoms. The van der Waals surface area contributed by atoms with E-state index in [0.717, 1.165) is 16.8 Å². The number of pyridine rings is 1. The van der Waals surface area contributed by atoms with Gasteiger partial charge >= 0.3 is 12.0 Å². The van der Waals surface area contributed by atoms with E-state index in [0.29, 0.717) is 28.0 Å². The molecule has 1 aliphatic rings. The third-order valence-electron chi connectivity index (χ3n) is 4.83. The summed E-state index contributed by atoms with van der Waals surface area (Å²) in [5.74, 6) is 0.523. The van der Waals surface area contributed by atoms with Crippen molar-refractivity contribution in [3.05, 3.63) is 65.6 Å². The third-order valence-corrected chi connectivity index (χ3v) is 5.79. The van der Waals surface area contributed by atoms with E-state index in [2.05, 4.69) is 25.8 Å². The minimum Gasteiger partial charge on any atom is -0.463 e. The number of hydrogen-bond donors (Lipinski definition) is 2. The lowest BCUT2D eigenvalue weighted by Crippen LogP contribution is -2.44. The molecule has 0 radical (unpaired) electrons. The maximum atomic E-state index is 12.3. The summed E-state index contributed by atoms with van der Waals surface area (Å²) in [4.78, 5) is 28.4. The van der Waals surface area contributed by atoms with Crippen LogP contribution in [0.15, 0.2) is 65.2 Å². The van der Waals surface area contributed by atoms with Gasteiger partial charge in [-0.05, 0) is 37.6 Å². The van der Waals surface area contributed by atoms with Crippen LogP contribution in [0.2, 0.25) is 0 Å². The van der Waals surface area contributed by atoms with E-state index in [9.17, 15) is 9.59 Å². The largest absolute Gasteiger partial charge is 0.463 e. The van der Waals surface area contributed by atoms with Crippen molar-refractivity contribution in [2.45, 2.75) is 19.0 Å². The number of amides is 2. The highest BCUT2D eigenvalue weighted by atomic mass is 32.2. The second kappa shape index (κ2) is 9.65. The van der Waals surface area contributed by atoms with Crippen molar-refractivity contribution >= 4 is 23.8 Å². The average Bonchev–Trinajstić information content (AvgIpc) is 3.22. The molecule has 9 nitrogen and oxygen atoms in total. The first-order valence-electron chi connectivity index (χ1n) is 10.1. The summed E-state index contributed by atoms with van der Waals surface area (Å²) in [5.41, 5.74) is 3.72. The number of hydrogen-bond acceptors (Lipinski definition) is 7. The molecule has 2 aromatic heterocycles. The summed E-state index contributed by atoms with van der Waals surface area (Å²) in [7, 11) is 0. The number of aryl methyl sites for hydroxylation is 1. The second-order valence-electron chi connectivity index (χ2n) is 6.94. The van der Waals surface area contributed by atoms with Crippen molar-refractivity contribution in [2.75, 3.05) is 18.9 Å². The van der Waals surface area contributed by atoms with Crippen molar-refractivity contribution in [2.24, 2.45) is 0 Å². The van der Waals surface area contributed by atoms with E-state index in [1.165, 1.54) is 11.8 Å². The minimum absolute atomic E-state index is 0.117. The fourth-order valence-electron chi connectivity index (χ4n) is 3.28. The number of nitrogens with zero attached hydrogens (tertiary/aromatic N) is 4. The molecule has 3 aromatic rings. The number of carbonyl (C=O) groups is 2. The fourth-order valence-corrected chi connectivity index (χ4v) is 4.21. The Kier molecular flexibility index (Phi) is 6.50. The number of para-hydroxylation sites is 1. The summed E-state index contributed by atoms with van der Waals surface area (Å²) in [6.07, 6.45) is 3.44. The number of ether oxygens (including phenoxy) is 1. The number of benzene rings is 1. The first-order chi connectivity index (χ1) is 15.6. The molecule has 0 saturated carbocycles. The summed E-state index contributed by atoms with van der Waals surface area (Å²) < 4.78 is 7.09. The smallest absolute Gasteiger partial charge is 0.337 e.